The fourth-order valence-electron chi connectivity index (χ4n) is 2.63. The van der Waals surface area contributed by atoms with Gasteiger partial charge in [0.2, 0.25) is 0 Å². The smallest absolute Gasteiger partial charge is 0.265 e. The Hall–Kier alpha value is -2.50. The van der Waals surface area contributed by atoms with Gasteiger partial charge < -0.3 is 14.8 Å². The van der Waals surface area contributed by atoms with Gasteiger partial charge >= 0.3 is 0 Å². The number of sulfonamides is 1. The van der Waals surface area contributed by atoms with Gasteiger partial charge in [0.05, 0.1) is 34.2 Å². The Bertz CT molecular complexity index is 1190. The lowest BCUT2D eigenvalue weighted by molar-refractivity contribution is -0.118. The zero-order valence-electron chi connectivity index (χ0n) is 15.4. The number of anilines is 2. The monoisotopic (exact) mass is 460 g/mol. The number of benzene rings is 2. The van der Waals surface area contributed by atoms with E-state index in [0.717, 1.165) is 6.07 Å². The molecule has 1 aliphatic heterocycles. The molecule has 29 heavy (non-hydrogen) atoms. The van der Waals surface area contributed by atoms with Crippen molar-refractivity contribution in [2.24, 2.45) is 0 Å². The van der Waals surface area contributed by atoms with Gasteiger partial charge in [0.15, 0.2) is 22.2 Å². The standard InChI is InChI=1S/C17H17ClN2O7S2/c1-3-28(22,23)11-7-13-17(27-9-16(21)19-13)15(8-11)29(24,25)20-10-4-5-14(26-2)12(18)6-10/h4-8,20H,3,9H2,1-2H3,(H,19,21). The molecule has 0 aromatic heterocycles. The maximum atomic E-state index is 13.0. The summed E-state index contributed by atoms with van der Waals surface area (Å²) in [7, 11) is -6.63. The van der Waals surface area contributed by atoms with E-state index < -0.39 is 37.3 Å². The first-order valence-corrected chi connectivity index (χ1v) is 11.8. The number of hydrogen-bond donors (Lipinski definition) is 2. The van der Waals surface area contributed by atoms with E-state index in [1.165, 1.54) is 38.3 Å². The normalized spacial score (nSPS) is 13.8. The topological polar surface area (TPSA) is 128 Å². The van der Waals surface area contributed by atoms with Crippen LogP contribution < -0.4 is 19.5 Å². The summed E-state index contributed by atoms with van der Waals surface area (Å²) in [6, 6.07) is 6.44. The molecule has 156 valence electrons. The largest absolute Gasteiger partial charge is 0.495 e. The Morgan fingerprint density at radius 1 is 1.21 bits per heavy atom. The van der Waals surface area contributed by atoms with Gasteiger partial charge in [-0.25, -0.2) is 16.8 Å². The van der Waals surface area contributed by atoms with E-state index >= 15 is 0 Å². The molecule has 0 bridgehead atoms. The highest BCUT2D eigenvalue weighted by Gasteiger charge is 2.30. The summed E-state index contributed by atoms with van der Waals surface area (Å²) >= 11 is 6.03. The van der Waals surface area contributed by atoms with Crippen LogP contribution in [-0.2, 0) is 24.7 Å². The van der Waals surface area contributed by atoms with Crippen molar-refractivity contribution < 1.29 is 31.1 Å². The lowest BCUT2D eigenvalue weighted by atomic mass is 10.2. The molecule has 0 spiro atoms. The summed E-state index contributed by atoms with van der Waals surface area (Å²) in [6.07, 6.45) is 0. The lowest BCUT2D eigenvalue weighted by Crippen LogP contribution is -2.27. The van der Waals surface area contributed by atoms with Crippen LogP contribution in [-0.4, -0.2) is 42.2 Å². The summed E-state index contributed by atoms with van der Waals surface area (Å²) in [6.45, 7) is 1.03. The maximum absolute atomic E-state index is 13.0. The van der Waals surface area contributed by atoms with Crippen LogP contribution in [0, 0.1) is 0 Å². The molecule has 0 unspecified atom stereocenters. The number of carbonyl (C=O) groups is 1. The first-order chi connectivity index (χ1) is 13.6. The van der Waals surface area contributed by atoms with Crippen molar-refractivity contribution in [3.63, 3.8) is 0 Å². The number of methoxy groups -OCH3 is 1. The molecule has 2 N–H and O–H groups in total. The van der Waals surface area contributed by atoms with Crippen molar-refractivity contribution in [2.45, 2.75) is 16.7 Å². The van der Waals surface area contributed by atoms with Gasteiger partial charge in [-0.3, -0.25) is 9.52 Å². The third kappa shape index (κ3) is 4.26. The number of nitrogens with one attached hydrogen (secondary N) is 2. The van der Waals surface area contributed by atoms with E-state index in [4.69, 9.17) is 21.1 Å². The van der Waals surface area contributed by atoms with Crippen molar-refractivity contribution in [3.8, 4) is 11.5 Å². The number of fused-ring (bicyclic) bond motifs is 1. The summed E-state index contributed by atoms with van der Waals surface area (Å²) in [5.41, 5.74) is 0.0945. The fourth-order valence-corrected chi connectivity index (χ4v) is 5.13. The second-order valence-electron chi connectivity index (χ2n) is 5.99. The molecule has 3 rings (SSSR count). The number of carbonyl (C=O) groups excluding carboxylic acids is 1. The van der Waals surface area contributed by atoms with Crippen molar-refractivity contribution in [1.29, 1.82) is 0 Å². The Balaban J connectivity index is 2.12. The van der Waals surface area contributed by atoms with Gasteiger partial charge in [0.25, 0.3) is 15.9 Å². The van der Waals surface area contributed by atoms with Gasteiger partial charge in [-0.05, 0) is 30.3 Å². The molecule has 2 aromatic carbocycles. The SMILES string of the molecule is CCS(=O)(=O)c1cc2c(c(S(=O)(=O)Nc3ccc(OC)c(Cl)c3)c1)OCC(=O)N2. The molecule has 0 radical (unpaired) electrons. The second-order valence-corrected chi connectivity index (χ2v) is 10.3. The van der Waals surface area contributed by atoms with Crippen molar-refractivity contribution >= 4 is 48.7 Å². The molecular formula is C17H17ClN2O7S2. The predicted octanol–water partition coefficient (Wildman–Crippen LogP) is 2.27. The minimum Gasteiger partial charge on any atom is -0.495 e. The molecule has 1 amide bonds. The summed E-state index contributed by atoms with van der Waals surface area (Å²) in [5.74, 6) is -0.565. The van der Waals surface area contributed by atoms with E-state index in [-0.39, 0.29) is 32.8 Å². The van der Waals surface area contributed by atoms with E-state index in [1.807, 2.05) is 0 Å². The highest BCUT2D eigenvalue weighted by atomic mass is 35.5. The molecule has 0 atom stereocenters. The molecular weight excluding hydrogens is 444 g/mol. The predicted molar refractivity (Wildman–Crippen MR) is 107 cm³/mol. The quantitative estimate of drug-likeness (QED) is 0.676. The maximum Gasteiger partial charge on any atom is 0.265 e. The Morgan fingerprint density at radius 3 is 2.55 bits per heavy atom. The van der Waals surface area contributed by atoms with Crippen LogP contribution in [0.5, 0.6) is 11.5 Å². The van der Waals surface area contributed by atoms with E-state index in [0.29, 0.717) is 5.75 Å². The minimum absolute atomic E-state index is 0.0380. The summed E-state index contributed by atoms with van der Waals surface area (Å²) in [4.78, 5) is 11.0. The molecule has 2 aromatic rings. The molecule has 0 fully saturated rings. The Kier molecular flexibility index (Phi) is 5.65. The summed E-state index contributed by atoms with van der Waals surface area (Å²) in [5, 5.41) is 2.62. The first-order valence-electron chi connectivity index (χ1n) is 8.27. The van der Waals surface area contributed by atoms with E-state index in [9.17, 15) is 21.6 Å². The highest BCUT2D eigenvalue weighted by molar-refractivity contribution is 7.93. The molecule has 9 nitrogen and oxygen atoms in total. The van der Waals surface area contributed by atoms with Crippen molar-refractivity contribution in [3.05, 3.63) is 35.4 Å². The van der Waals surface area contributed by atoms with Gasteiger partial charge in [-0.2, -0.15) is 0 Å². The Morgan fingerprint density at radius 2 is 1.93 bits per heavy atom. The fraction of sp³-hybridized carbons (Fsp3) is 0.235. The number of ether oxygens (including phenoxy) is 2. The average molecular weight is 461 g/mol. The third-order valence-corrected chi connectivity index (χ3v) is 7.48. The minimum atomic E-state index is -4.29. The van der Waals surface area contributed by atoms with Crippen LogP contribution >= 0.6 is 11.6 Å². The molecule has 0 aliphatic carbocycles. The zero-order chi connectivity index (χ0) is 21.4. The van der Waals surface area contributed by atoms with Gasteiger partial charge in [0, 0.05) is 0 Å². The van der Waals surface area contributed by atoms with Gasteiger partial charge in [-0.15, -0.1) is 0 Å². The molecule has 1 heterocycles. The average Bonchev–Trinajstić information content (AvgIpc) is 2.66. The number of sulfone groups is 1. The Labute approximate surface area is 172 Å². The van der Waals surface area contributed by atoms with Crippen LogP contribution in [0.3, 0.4) is 0 Å². The van der Waals surface area contributed by atoms with Gasteiger partial charge in [-0.1, -0.05) is 18.5 Å². The number of hydrogen-bond acceptors (Lipinski definition) is 7. The lowest BCUT2D eigenvalue weighted by Gasteiger charge is -2.22. The molecule has 1 aliphatic rings. The van der Waals surface area contributed by atoms with E-state index in [2.05, 4.69) is 10.0 Å². The van der Waals surface area contributed by atoms with Crippen LogP contribution in [0.1, 0.15) is 6.92 Å². The number of rotatable bonds is 6. The van der Waals surface area contributed by atoms with Crippen LogP contribution in [0.2, 0.25) is 5.02 Å². The summed E-state index contributed by atoms with van der Waals surface area (Å²) < 4.78 is 63.3. The highest BCUT2D eigenvalue weighted by Crippen LogP contribution is 2.39. The second kappa shape index (κ2) is 7.73. The van der Waals surface area contributed by atoms with Gasteiger partial charge in [0.1, 0.15) is 10.6 Å². The van der Waals surface area contributed by atoms with Crippen LogP contribution in [0.25, 0.3) is 0 Å². The third-order valence-electron chi connectivity index (χ3n) is 4.08. The molecule has 0 saturated heterocycles. The number of amides is 1. The zero-order valence-corrected chi connectivity index (χ0v) is 17.7. The molecule has 12 heteroatoms. The van der Waals surface area contributed by atoms with Crippen LogP contribution in [0.4, 0.5) is 11.4 Å². The first kappa shape index (κ1) is 21.2. The van der Waals surface area contributed by atoms with Crippen molar-refractivity contribution in [2.75, 3.05) is 29.5 Å². The molecule has 0 saturated carbocycles. The number of halogens is 1. The van der Waals surface area contributed by atoms with Crippen LogP contribution in [0.15, 0.2) is 40.1 Å². The van der Waals surface area contributed by atoms with E-state index in [1.54, 1.807) is 0 Å². The van der Waals surface area contributed by atoms with Crippen molar-refractivity contribution in [1.82, 2.24) is 0 Å².